The molecular formula is C13H22O. The maximum absolute atomic E-state index is 11.9. The zero-order chi connectivity index (χ0) is 10.6. The molecule has 0 aromatic rings. The Balaban J connectivity index is 2.54. The van der Waals surface area contributed by atoms with Gasteiger partial charge in [-0.3, -0.25) is 4.79 Å². The lowest BCUT2D eigenvalue weighted by atomic mass is 9.87. The molecule has 0 radical (unpaired) electrons. The number of hydrogen-bond donors (Lipinski definition) is 0. The molecule has 0 fully saturated rings. The van der Waals surface area contributed by atoms with Crippen LogP contribution in [0.15, 0.2) is 11.6 Å². The lowest BCUT2D eigenvalue weighted by Crippen LogP contribution is -2.14. The Morgan fingerprint density at radius 3 is 2.64 bits per heavy atom. The summed E-state index contributed by atoms with van der Waals surface area (Å²) >= 11 is 0. The van der Waals surface area contributed by atoms with Gasteiger partial charge in [0.2, 0.25) is 0 Å². The second-order valence-corrected chi connectivity index (χ2v) is 5.49. The van der Waals surface area contributed by atoms with Crippen molar-refractivity contribution in [2.75, 3.05) is 0 Å². The quantitative estimate of drug-likeness (QED) is 0.652. The minimum atomic E-state index is 0.129. The van der Waals surface area contributed by atoms with E-state index in [-0.39, 0.29) is 5.41 Å². The fraction of sp³-hybridized carbons (Fsp3) is 0.769. The van der Waals surface area contributed by atoms with Gasteiger partial charge in [-0.05, 0) is 36.7 Å². The third-order valence-corrected chi connectivity index (χ3v) is 2.59. The van der Waals surface area contributed by atoms with E-state index >= 15 is 0 Å². The van der Waals surface area contributed by atoms with Crippen molar-refractivity contribution in [3.63, 3.8) is 0 Å². The molecule has 80 valence electrons. The molecule has 0 aliphatic heterocycles. The second-order valence-electron chi connectivity index (χ2n) is 5.49. The number of carbonyl (C=O) groups excluding carboxylic acids is 1. The van der Waals surface area contributed by atoms with Gasteiger partial charge in [0.25, 0.3) is 0 Å². The molecule has 0 amide bonds. The van der Waals surface area contributed by atoms with Crippen LogP contribution in [0, 0.1) is 5.41 Å². The SMILES string of the molecule is CC(C)(C)CC(=O)C1=CCCCCC1. The zero-order valence-corrected chi connectivity index (χ0v) is 9.73. The minimum absolute atomic E-state index is 0.129. The van der Waals surface area contributed by atoms with Crippen LogP contribution in [-0.2, 0) is 4.79 Å². The molecule has 0 bridgehead atoms. The molecular weight excluding hydrogens is 172 g/mol. The van der Waals surface area contributed by atoms with E-state index in [0.717, 1.165) is 18.4 Å². The molecule has 14 heavy (non-hydrogen) atoms. The summed E-state index contributed by atoms with van der Waals surface area (Å²) in [5, 5.41) is 0. The summed E-state index contributed by atoms with van der Waals surface area (Å²) in [4.78, 5) is 11.9. The summed E-state index contributed by atoms with van der Waals surface area (Å²) < 4.78 is 0. The average Bonchev–Trinajstić information content (AvgIpc) is 2.27. The van der Waals surface area contributed by atoms with Crippen molar-refractivity contribution in [2.45, 2.75) is 59.3 Å². The first-order valence-electron chi connectivity index (χ1n) is 5.71. The Morgan fingerprint density at radius 2 is 2.00 bits per heavy atom. The summed E-state index contributed by atoms with van der Waals surface area (Å²) in [6, 6.07) is 0. The van der Waals surface area contributed by atoms with Crippen molar-refractivity contribution in [1.82, 2.24) is 0 Å². The van der Waals surface area contributed by atoms with E-state index in [1.807, 2.05) is 0 Å². The molecule has 0 spiro atoms. The molecule has 0 unspecified atom stereocenters. The van der Waals surface area contributed by atoms with Crippen molar-refractivity contribution in [3.05, 3.63) is 11.6 Å². The van der Waals surface area contributed by atoms with E-state index in [2.05, 4.69) is 26.8 Å². The lowest BCUT2D eigenvalue weighted by Gasteiger charge is -2.17. The van der Waals surface area contributed by atoms with E-state index in [4.69, 9.17) is 0 Å². The zero-order valence-electron chi connectivity index (χ0n) is 9.73. The highest BCUT2D eigenvalue weighted by molar-refractivity contribution is 5.95. The van der Waals surface area contributed by atoms with Crippen LogP contribution in [0.25, 0.3) is 0 Å². The van der Waals surface area contributed by atoms with Gasteiger partial charge in [-0.15, -0.1) is 0 Å². The molecule has 1 nitrogen and oxygen atoms in total. The summed E-state index contributed by atoms with van der Waals surface area (Å²) in [5.74, 6) is 0.374. The van der Waals surface area contributed by atoms with Crippen molar-refractivity contribution in [1.29, 1.82) is 0 Å². The van der Waals surface area contributed by atoms with Crippen LogP contribution in [0.2, 0.25) is 0 Å². The van der Waals surface area contributed by atoms with E-state index in [9.17, 15) is 4.79 Å². The number of rotatable bonds is 2. The largest absolute Gasteiger partial charge is 0.295 e. The number of Topliss-reactive ketones (excluding diaryl/α,β-unsaturated/α-hetero) is 1. The molecule has 0 heterocycles. The Kier molecular flexibility index (Phi) is 3.91. The van der Waals surface area contributed by atoms with Crippen LogP contribution < -0.4 is 0 Å². The van der Waals surface area contributed by atoms with Gasteiger partial charge in [-0.1, -0.05) is 33.3 Å². The number of allylic oxidation sites excluding steroid dienone is 2. The fourth-order valence-electron chi connectivity index (χ4n) is 1.86. The standard InChI is InChI=1S/C13H22O/c1-13(2,3)10-12(14)11-8-6-4-5-7-9-11/h8H,4-7,9-10H2,1-3H3. The first-order chi connectivity index (χ1) is 6.49. The molecule has 0 saturated heterocycles. The topological polar surface area (TPSA) is 17.1 Å². The summed E-state index contributed by atoms with van der Waals surface area (Å²) in [6.07, 6.45) is 8.71. The number of ketones is 1. The molecule has 0 atom stereocenters. The monoisotopic (exact) mass is 194 g/mol. The molecule has 1 heteroatoms. The summed E-state index contributed by atoms with van der Waals surface area (Å²) in [6.45, 7) is 6.38. The summed E-state index contributed by atoms with van der Waals surface area (Å²) in [5.41, 5.74) is 1.22. The van der Waals surface area contributed by atoms with E-state index in [1.54, 1.807) is 0 Å². The predicted octanol–water partition coefficient (Wildman–Crippen LogP) is 3.88. The summed E-state index contributed by atoms with van der Waals surface area (Å²) in [7, 11) is 0. The fourth-order valence-corrected chi connectivity index (χ4v) is 1.86. The van der Waals surface area contributed by atoms with Gasteiger partial charge in [-0.25, -0.2) is 0 Å². The molecule has 1 aliphatic carbocycles. The highest BCUT2D eigenvalue weighted by Crippen LogP contribution is 2.25. The number of hydrogen-bond acceptors (Lipinski definition) is 1. The van der Waals surface area contributed by atoms with Gasteiger partial charge < -0.3 is 0 Å². The molecule has 0 N–H and O–H groups in total. The maximum Gasteiger partial charge on any atom is 0.159 e. The van der Waals surface area contributed by atoms with E-state index in [0.29, 0.717) is 12.2 Å². The van der Waals surface area contributed by atoms with E-state index in [1.165, 1.54) is 19.3 Å². The minimum Gasteiger partial charge on any atom is -0.295 e. The average molecular weight is 194 g/mol. The second kappa shape index (κ2) is 4.77. The lowest BCUT2D eigenvalue weighted by molar-refractivity contribution is -0.117. The third kappa shape index (κ3) is 4.08. The molecule has 1 rings (SSSR count). The maximum atomic E-state index is 11.9. The predicted molar refractivity (Wildman–Crippen MR) is 60.2 cm³/mol. The Bertz CT molecular complexity index is 230. The van der Waals surface area contributed by atoms with E-state index < -0.39 is 0 Å². The molecule has 0 aromatic carbocycles. The van der Waals surface area contributed by atoms with Gasteiger partial charge in [0, 0.05) is 6.42 Å². The molecule has 1 aliphatic rings. The highest BCUT2D eigenvalue weighted by atomic mass is 16.1. The first-order valence-corrected chi connectivity index (χ1v) is 5.71. The van der Waals surface area contributed by atoms with Gasteiger partial charge in [0.15, 0.2) is 5.78 Å². The normalized spacial score (nSPS) is 18.6. The van der Waals surface area contributed by atoms with Crippen LogP contribution in [-0.4, -0.2) is 5.78 Å². The van der Waals surface area contributed by atoms with Crippen molar-refractivity contribution in [2.24, 2.45) is 5.41 Å². The van der Waals surface area contributed by atoms with Crippen LogP contribution in [0.5, 0.6) is 0 Å². The third-order valence-electron chi connectivity index (χ3n) is 2.59. The van der Waals surface area contributed by atoms with Gasteiger partial charge in [0.05, 0.1) is 0 Å². The molecule has 0 saturated carbocycles. The Hall–Kier alpha value is -0.590. The Labute approximate surface area is 87.6 Å². The Morgan fingerprint density at radius 1 is 1.29 bits per heavy atom. The van der Waals surface area contributed by atoms with Crippen molar-refractivity contribution in [3.8, 4) is 0 Å². The van der Waals surface area contributed by atoms with Crippen molar-refractivity contribution >= 4 is 5.78 Å². The number of carbonyl (C=O) groups is 1. The van der Waals surface area contributed by atoms with Gasteiger partial charge in [-0.2, -0.15) is 0 Å². The van der Waals surface area contributed by atoms with Crippen LogP contribution in [0.4, 0.5) is 0 Å². The smallest absolute Gasteiger partial charge is 0.159 e. The van der Waals surface area contributed by atoms with Gasteiger partial charge >= 0.3 is 0 Å². The first kappa shape index (κ1) is 11.5. The van der Waals surface area contributed by atoms with Crippen LogP contribution in [0.1, 0.15) is 59.3 Å². The van der Waals surface area contributed by atoms with Crippen LogP contribution >= 0.6 is 0 Å². The van der Waals surface area contributed by atoms with Crippen molar-refractivity contribution < 1.29 is 4.79 Å². The van der Waals surface area contributed by atoms with Crippen LogP contribution in [0.3, 0.4) is 0 Å². The molecule has 0 aromatic heterocycles. The highest BCUT2D eigenvalue weighted by Gasteiger charge is 2.19. The van der Waals surface area contributed by atoms with Gasteiger partial charge in [0.1, 0.15) is 0 Å².